The first-order valence-corrected chi connectivity index (χ1v) is 8.42. The Morgan fingerprint density at radius 1 is 0.960 bits per heavy atom. The lowest BCUT2D eigenvalue weighted by molar-refractivity contribution is 0.258. The van der Waals surface area contributed by atoms with Gasteiger partial charge in [0, 0.05) is 12.3 Å². The number of piperidine rings is 1. The van der Waals surface area contributed by atoms with Crippen LogP contribution in [0.15, 0.2) is 81.1 Å². The molecular formula is C20H20N2O3. The zero-order valence-electron chi connectivity index (χ0n) is 13.7. The maximum absolute atomic E-state index is 9.67. The topological polar surface area (TPSA) is 70.9 Å². The van der Waals surface area contributed by atoms with Crippen molar-refractivity contribution < 1.29 is 14.0 Å². The van der Waals surface area contributed by atoms with Crippen LogP contribution >= 0.6 is 0 Å². The van der Waals surface area contributed by atoms with Crippen molar-refractivity contribution in [2.75, 3.05) is 0 Å². The summed E-state index contributed by atoms with van der Waals surface area (Å²) in [5, 5.41) is 16.9. The summed E-state index contributed by atoms with van der Waals surface area (Å²) in [6.07, 6.45) is 4.69. The van der Waals surface area contributed by atoms with Crippen LogP contribution in [0.3, 0.4) is 0 Å². The molecule has 3 aromatic rings. The molecule has 1 aliphatic heterocycles. The van der Waals surface area contributed by atoms with Crippen molar-refractivity contribution in [1.82, 2.24) is 5.32 Å². The van der Waals surface area contributed by atoms with E-state index in [1.54, 1.807) is 12.5 Å². The molecule has 1 aliphatic rings. The minimum atomic E-state index is -0.0926. The molecule has 5 nitrogen and oxygen atoms in total. The fourth-order valence-corrected chi connectivity index (χ4v) is 3.58. The highest BCUT2D eigenvalue weighted by molar-refractivity contribution is 5.88. The van der Waals surface area contributed by atoms with Crippen molar-refractivity contribution in [2.45, 2.75) is 24.9 Å². The van der Waals surface area contributed by atoms with Crippen molar-refractivity contribution in [3.05, 3.63) is 84.2 Å². The molecule has 4 rings (SSSR count). The Labute approximate surface area is 146 Å². The third-order valence-corrected chi connectivity index (χ3v) is 4.79. The molecule has 1 saturated heterocycles. The van der Waals surface area contributed by atoms with Gasteiger partial charge in [0.25, 0.3) is 0 Å². The maximum atomic E-state index is 9.67. The van der Waals surface area contributed by atoms with E-state index in [-0.39, 0.29) is 18.0 Å². The monoisotopic (exact) mass is 336 g/mol. The molecule has 0 aliphatic carbocycles. The number of nitrogens with zero attached hydrogens (tertiary/aromatic N) is 1. The van der Waals surface area contributed by atoms with Crippen molar-refractivity contribution in [3.63, 3.8) is 0 Å². The molecule has 0 amide bonds. The van der Waals surface area contributed by atoms with E-state index < -0.39 is 0 Å². The number of rotatable bonds is 4. The molecular weight excluding hydrogens is 316 g/mol. The van der Waals surface area contributed by atoms with E-state index in [1.165, 1.54) is 5.56 Å². The molecule has 1 fully saturated rings. The van der Waals surface area contributed by atoms with Crippen molar-refractivity contribution in [2.24, 2.45) is 11.1 Å². The molecule has 3 atom stereocenters. The van der Waals surface area contributed by atoms with Crippen LogP contribution in [0, 0.1) is 5.92 Å². The maximum Gasteiger partial charge on any atom is 0.121 e. The number of nitrogens with one attached hydrogen (secondary N) is 1. The number of benzene rings is 1. The molecule has 1 aromatic carbocycles. The van der Waals surface area contributed by atoms with Gasteiger partial charge in [-0.25, -0.2) is 0 Å². The predicted molar refractivity (Wildman–Crippen MR) is 93.5 cm³/mol. The second kappa shape index (κ2) is 6.99. The van der Waals surface area contributed by atoms with E-state index >= 15 is 0 Å². The summed E-state index contributed by atoms with van der Waals surface area (Å²) in [4.78, 5) is 0. The van der Waals surface area contributed by atoms with Crippen molar-refractivity contribution >= 4 is 5.71 Å². The lowest BCUT2D eigenvalue weighted by Crippen LogP contribution is -2.43. The van der Waals surface area contributed by atoms with E-state index in [0.717, 1.165) is 23.7 Å². The van der Waals surface area contributed by atoms with Crippen LogP contribution in [-0.4, -0.2) is 10.9 Å². The molecule has 3 unspecified atom stereocenters. The van der Waals surface area contributed by atoms with E-state index in [4.69, 9.17) is 8.83 Å². The van der Waals surface area contributed by atoms with Gasteiger partial charge in [0.2, 0.25) is 0 Å². The molecule has 128 valence electrons. The van der Waals surface area contributed by atoms with E-state index in [0.29, 0.717) is 6.42 Å². The number of hydrogen-bond acceptors (Lipinski definition) is 5. The summed E-state index contributed by atoms with van der Waals surface area (Å²) >= 11 is 0. The van der Waals surface area contributed by atoms with Crippen LogP contribution < -0.4 is 5.32 Å². The smallest absolute Gasteiger partial charge is 0.121 e. The lowest BCUT2D eigenvalue weighted by Gasteiger charge is -2.36. The first-order chi connectivity index (χ1) is 12.3. The zero-order chi connectivity index (χ0) is 17.1. The Morgan fingerprint density at radius 2 is 1.68 bits per heavy atom. The van der Waals surface area contributed by atoms with Gasteiger partial charge in [-0.05, 0) is 36.2 Å². The van der Waals surface area contributed by atoms with Crippen molar-refractivity contribution in [1.29, 1.82) is 0 Å². The van der Waals surface area contributed by atoms with Gasteiger partial charge in [0.1, 0.15) is 11.5 Å². The Balaban J connectivity index is 1.67. The molecule has 2 aromatic heterocycles. The Hall–Kier alpha value is -2.79. The second-order valence-electron chi connectivity index (χ2n) is 6.32. The molecule has 2 N–H and O–H groups in total. The number of oxime groups is 1. The van der Waals surface area contributed by atoms with Gasteiger partial charge in [-0.2, -0.15) is 0 Å². The average molecular weight is 336 g/mol. The van der Waals surface area contributed by atoms with Gasteiger partial charge in [-0.15, -0.1) is 0 Å². The van der Waals surface area contributed by atoms with E-state index in [9.17, 15) is 5.21 Å². The predicted octanol–water partition coefficient (Wildman–Crippen LogP) is 4.34. The van der Waals surface area contributed by atoms with Crippen LogP contribution in [0.2, 0.25) is 0 Å². The average Bonchev–Trinajstić information content (AvgIpc) is 3.36. The molecule has 0 saturated carbocycles. The number of furan rings is 2. The lowest BCUT2D eigenvalue weighted by atomic mass is 9.80. The van der Waals surface area contributed by atoms with Crippen LogP contribution in [0.1, 0.15) is 35.6 Å². The zero-order valence-corrected chi connectivity index (χ0v) is 13.7. The Bertz CT molecular complexity index is 810. The molecule has 0 spiro atoms. The van der Waals surface area contributed by atoms with Crippen molar-refractivity contribution in [3.8, 4) is 0 Å². The SMILES string of the molecule is O/N=C1\CC(c2ccco2)NC(c2ccco2)C1Cc1ccccc1. The molecule has 25 heavy (non-hydrogen) atoms. The van der Waals surface area contributed by atoms with E-state index in [2.05, 4.69) is 22.6 Å². The Kier molecular flexibility index (Phi) is 4.39. The van der Waals surface area contributed by atoms with Crippen LogP contribution in [-0.2, 0) is 6.42 Å². The normalized spacial score (nSPS) is 25.3. The van der Waals surface area contributed by atoms with Gasteiger partial charge in [-0.3, -0.25) is 5.32 Å². The molecule has 5 heteroatoms. The summed E-state index contributed by atoms with van der Waals surface area (Å²) in [5.74, 6) is 1.67. The second-order valence-corrected chi connectivity index (χ2v) is 6.32. The third kappa shape index (κ3) is 3.23. The summed E-state index contributed by atoms with van der Waals surface area (Å²) < 4.78 is 11.2. The van der Waals surface area contributed by atoms with Gasteiger partial charge in [0.15, 0.2) is 0 Å². The first kappa shape index (κ1) is 15.7. The third-order valence-electron chi connectivity index (χ3n) is 4.79. The van der Waals surface area contributed by atoms with Crippen LogP contribution in [0.25, 0.3) is 0 Å². The number of hydrogen-bond donors (Lipinski definition) is 2. The van der Waals surface area contributed by atoms with Gasteiger partial charge in [-0.1, -0.05) is 35.5 Å². The van der Waals surface area contributed by atoms with Crippen LogP contribution in [0.4, 0.5) is 0 Å². The summed E-state index contributed by atoms with van der Waals surface area (Å²) in [5.41, 5.74) is 1.95. The minimum absolute atomic E-state index is 0.00441. The quantitative estimate of drug-likeness (QED) is 0.549. The standard InChI is InChI=1S/C20H20N2O3/c23-22-16-13-17(18-8-4-10-24-18)21-20(19-9-5-11-25-19)15(16)12-14-6-2-1-3-7-14/h1-11,15,17,20-21,23H,12-13H2/b22-16+. The highest BCUT2D eigenvalue weighted by Crippen LogP contribution is 2.37. The highest BCUT2D eigenvalue weighted by Gasteiger charge is 2.39. The van der Waals surface area contributed by atoms with Gasteiger partial charge >= 0.3 is 0 Å². The van der Waals surface area contributed by atoms with Gasteiger partial charge < -0.3 is 14.0 Å². The molecule has 0 bridgehead atoms. The summed E-state index contributed by atoms with van der Waals surface area (Å²) in [7, 11) is 0. The molecule has 3 heterocycles. The fourth-order valence-electron chi connectivity index (χ4n) is 3.58. The van der Waals surface area contributed by atoms with E-state index in [1.807, 2.05) is 42.5 Å². The minimum Gasteiger partial charge on any atom is -0.468 e. The summed E-state index contributed by atoms with van der Waals surface area (Å²) in [6, 6.07) is 17.7. The fraction of sp³-hybridized carbons (Fsp3) is 0.250. The summed E-state index contributed by atoms with van der Waals surface area (Å²) in [6.45, 7) is 0. The first-order valence-electron chi connectivity index (χ1n) is 8.42. The highest BCUT2D eigenvalue weighted by atomic mass is 16.4. The Morgan fingerprint density at radius 3 is 2.32 bits per heavy atom. The van der Waals surface area contributed by atoms with Crippen LogP contribution in [0.5, 0.6) is 0 Å². The molecule has 0 radical (unpaired) electrons. The van der Waals surface area contributed by atoms with Gasteiger partial charge in [0.05, 0.1) is 30.3 Å². The largest absolute Gasteiger partial charge is 0.468 e.